The van der Waals surface area contributed by atoms with E-state index in [0.29, 0.717) is 37.5 Å². The maximum atomic E-state index is 13.6. The Morgan fingerprint density at radius 2 is 1.91 bits per heavy atom. The number of benzene rings is 1. The van der Waals surface area contributed by atoms with Crippen LogP contribution in [0.3, 0.4) is 0 Å². The average Bonchev–Trinajstić information content (AvgIpc) is 3.43. The number of imidazole rings is 1. The molecule has 4 aromatic rings. The zero-order chi connectivity index (χ0) is 23.0. The lowest BCUT2D eigenvalue weighted by atomic mass is 9.88. The fourth-order valence-electron chi connectivity index (χ4n) is 4.38. The number of halogens is 3. The molecule has 0 aliphatic carbocycles. The molecule has 33 heavy (non-hydrogen) atoms. The number of pyridine rings is 1. The Hall–Kier alpha value is -3.49. The first-order chi connectivity index (χ1) is 15.9. The molecule has 170 valence electrons. The number of nitrogens with zero attached hydrogens (tertiary/aromatic N) is 6. The lowest BCUT2D eigenvalue weighted by molar-refractivity contribution is -0.138. The average molecular weight is 452 g/mol. The molecule has 1 aliphatic heterocycles. The van der Waals surface area contributed by atoms with E-state index in [-0.39, 0.29) is 5.56 Å². The van der Waals surface area contributed by atoms with E-state index in [9.17, 15) is 13.2 Å². The monoisotopic (exact) mass is 452 g/mol. The standard InChI is InChI=1S/C24H23F3N6/c1-16-14-32(15-29-16)18-10-8-17(28-13-18)9-11-22-30-23-20(6-4-12-33(23)31-22)19-5-2-3-7-21(19)24(25,26)27/h2-3,5,7-8,10,13-15,20H,4,6,9,11-12H2,1H3/t20-/m1/s1. The Bertz CT molecular complexity index is 1260. The molecule has 4 heterocycles. The summed E-state index contributed by atoms with van der Waals surface area (Å²) < 4.78 is 44.4. The van der Waals surface area contributed by atoms with Gasteiger partial charge in [0.1, 0.15) is 5.82 Å². The molecular weight excluding hydrogens is 429 g/mol. The lowest BCUT2D eigenvalue weighted by Crippen LogP contribution is -2.21. The van der Waals surface area contributed by atoms with Gasteiger partial charge in [-0.2, -0.15) is 18.3 Å². The number of rotatable bonds is 5. The third-order valence-corrected chi connectivity index (χ3v) is 5.98. The molecule has 0 saturated heterocycles. The van der Waals surface area contributed by atoms with E-state index in [1.165, 1.54) is 6.07 Å². The van der Waals surface area contributed by atoms with Crippen LogP contribution in [0.1, 0.15) is 52.9 Å². The van der Waals surface area contributed by atoms with Crippen molar-refractivity contribution in [3.8, 4) is 5.69 Å². The number of alkyl halides is 3. The number of hydrogen-bond donors (Lipinski definition) is 0. The highest BCUT2D eigenvalue weighted by molar-refractivity contribution is 5.37. The predicted octanol–water partition coefficient (Wildman–Crippen LogP) is 4.90. The number of hydrogen-bond acceptors (Lipinski definition) is 4. The number of aromatic nitrogens is 6. The van der Waals surface area contributed by atoms with Crippen molar-refractivity contribution in [2.45, 2.75) is 51.2 Å². The van der Waals surface area contributed by atoms with Crippen LogP contribution >= 0.6 is 0 Å². The quantitative estimate of drug-likeness (QED) is 0.432. The number of fused-ring (bicyclic) bond motifs is 1. The van der Waals surface area contributed by atoms with Crippen molar-refractivity contribution in [1.82, 2.24) is 29.3 Å². The van der Waals surface area contributed by atoms with E-state index in [1.54, 1.807) is 29.3 Å². The van der Waals surface area contributed by atoms with Crippen LogP contribution in [0.2, 0.25) is 0 Å². The smallest absolute Gasteiger partial charge is 0.304 e. The van der Waals surface area contributed by atoms with Crippen LogP contribution in [0.25, 0.3) is 5.69 Å². The van der Waals surface area contributed by atoms with Gasteiger partial charge in [-0.05, 0) is 49.9 Å². The second kappa shape index (κ2) is 8.46. The highest BCUT2D eigenvalue weighted by atomic mass is 19.4. The normalized spacial score (nSPS) is 16.1. The summed E-state index contributed by atoms with van der Waals surface area (Å²) in [6, 6.07) is 9.73. The minimum atomic E-state index is -4.39. The van der Waals surface area contributed by atoms with Crippen LogP contribution in [-0.4, -0.2) is 29.3 Å². The number of aryl methyl sites for hydroxylation is 4. The Kier molecular flexibility index (Phi) is 5.47. The van der Waals surface area contributed by atoms with Crippen LogP contribution in [0.15, 0.2) is 55.1 Å². The molecule has 3 aromatic heterocycles. The van der Waals surface area contributed by atoms with E-state index >= 15 is 0 Å². The second-order valence-corrected chi connectivity index (χ2v) is 8.32. The van der Waals surface area contributed by atoms with Gasteiger partial charge in [-0.1, -0.05) is 18.2 Å². The summed E-state index contributed by atoms with van der Waals surface area (Å²) in [5.74, 6) is 0.845. The molecule has 1 atom stereocenters. The lowest BCUT2D eigenvalue weighted by Gasteiger charge is -2.25. The molecule has 0 bridgehead atoms. The van der Waals surface area contributed by atoms with Crippen molar-refractivity contribution in [1.29, 1.82) is 0 Å². The van der Waals surface area contributed by atoms with Gasteiger partial charge in [0, 0.05) is 30.8 Å². The first-order valence-electron chi connectivity index (χ1n) is 10.9. The highest BCUT2D eigenvalue weighted by Gasteiger charge is 2.37. The largest absolute Gasteiger partial charge is 0.416 e. The first-order valence-corrected chi connectivity index (χ1v) is 10.9. The fourth-order valence-corrected chi connectivity index (χ4v) is 4.38. The zero-order valence-electron chi connectivity index (χ0n) is 18.1. The van der Waals surface area contributed by atoms with Crippen molar-refractivity contribution in [2.75, 3.05) is 0 Å². The zero-order valence-corrected chi connectivity index (χ0v) is 18.1. The Morgan fingerprint density at radius 1 is 1.06 bits per heavy atom. The van der Waals surface area contributed by atoms with Gasteiger partial charge in [-0.25, -0.2) is 14.6 Å². The van der Waals surface area contributed by atoms with E-state index in [0.717, 1.165) is 29.6 Å². The van der Waals surface area contributed by atoms with Crippen molar-refractivity contribution in [3.05, 3.63) is 89.3 Å². The van der Waals surface area contributed by atoms with Crippen LogP contribution < -0.4 is 0 Å². The summed E-state index contributed by atoms with van der Waals surface area (Å²) in [7, 11) is 0. The van der Waals surface area contributed by atoms with Gasteiger partial charge in [0.2, 0.25) is 0 Å². The van der Waals surface area contributed by atoms with Crippen molar-refractivity contribution in [3.63, 3.8) is 0 Å². The molecule has 1 aliphatic rings. The molecule has 0 fully saturated rings. The molecule has 0 spiro atoms. The van der Waals surface area contributed by atoms with Crippen molar-refractivity contribution >= 4 is 0 Å². The Labute approximate surface area is 189 Å². The molecule has 0 N–H and O–H groups in total. The maximum Gasteiger partial charge on any atom is 0.416 e. The molecule has 1 aromatic carbocycles. The van der Waals surface area contributed by atoms with Crippen LogP contribution in [-0.2, 0) is 25.6 Å². The third-order valence-electron chi connectivity index (χ3n) is 5.98. The minimum absolute atomic E-state index is 0.275. The van der Waals surface area contributed by atoms with Crippen LogP contribution in [0.5, 0.6) is 0 Å². The summed E-state index contributed by atoms with van der Waals surface area (Å²) in [5, 5.41) is 4.59. The van der Waals surface area contributed by atoms with Crippen molar-refractivity contribution < 1.29 is 13.2 Å². The highest BCUT2D eigenvalue weighted by Crippen LogP contribution is 2.40. The molecule has 9 heteroatoms. The van der Waals surface area contributed by atoms with Gasteiger partial charge in [-0.3, -0.25) is 4.98 Å². The fraction of sp³-hybridized carbons (Fsp3) is 0.333. The topological polar surface area (TPSA) is 61.4 Å². The summed E-state index contributed by atoms with van der Waals surface area (Å²) in [6.45, 7) is 2.60. The molecule has 6 nitrogen and oxygen atoms in total. The second-order valence-electron chi connectivity index (χ2n) is 8.32. The van der Waals surface area contributed by atoms with Gasteiger partial charge < -0.3 is 4.57 Å². The SMILES string of the molecule is Cc1cn(-c2ccc(CCc3nc4n(n3)CCC[C@@H]4c3ccccc3C(F)(F)F)nc2)cn1. The van der Waals surface area contributed by atoms with E-state index in [1.807, 2.05) is 29.8 Å². The molecule has 0 radical (unpaired) electrons. The van der Waals surface area contributed by atoms with E-state index in [4.69, 9.17) is 0 Å². The summed E-state index contributed by atoms with van der Waals surface area (Å²) in [5.41, 5.74) is 2.45. The van der Waals surface area contributed by atoms with Gasteiger partial charge in [0.25, 0.3) is 0 Å². The molecule has 0 saturated carbocycles. The molecule has 0 amide bonds. The maximum absolute atomic E-state index is 13.6. The minimum Gasteiger partial charge on any atom is -0.304 e. The van der Waals surface area contributed by atoms with E-state index in [2.05, 4.69) is 20.1 Å². The summed E-state index contributed by atoms with van der Waals surface area (Å²) >= 11 is 0. The van der Waals surface area contributed by atoms with Gasteiger partial charge in [0.05, 0.1) is 29.5 Å². The van der Waals surface area contributed by atoms with Crippen molar-refractivity contribution in [2.24, 2.45) is 0 Å². The third kappa shape index (κ3) is 4.40. The van der Waals surface area contributed by atoms with Crippen LogP contribution in [0.4, 0.5) is 13.2 Å². The Balaban J connectivity index is 1.33. The predicted molar refractivity (Wildman–Crippen MR) is 116 cm³/mol. The van der Waals surface area contributed by atoms with Gasteiger partial charge in [0.15, 0.2) is 5.82 Å². The Morgan fingerprint density at radius 3 is 2.64 bits per heavy atom. The van der Waals surface area contributed by atoms with Crippen LogP contribution in [0, 0.1) is 6.92 Å². The van der Waals surface area contributed by atoms with Gasteiger partial charge >= 0.3 is 6.18 Å². The molecular formula is C24H23F3N6. The molecule has 0 unspecified atom stereocenters. The molecule has 5 rings (SSSR count). The first kappa shape index (κ1) is 21.4. The van der Waals surface area contributed by atoms with Gasteiger partial charge in [-0.15, -0.1) is 0 Å². The van der Waals surface area contributed by atoms with E-state index < -0.39 is 17.7 Å². The summed E-state index contributed by atoms with van der Waals surface area (Å²) in [6.07, 6.45) is 3.70. The summed E-state index contributed by atoms with van der Waals surface area (Å²) in [4.78, 5) is 13.4.